The highest BCUT2D eigenvalue weighted by Crippen LogP contribution is 2.33. The van der Waals surface area contributed by atoms with Crippen LogP contribution in [-0.4, -0.2) is 13.7 Å². The van der Waals surface area contributed by atoms with Crippen molar-refractivity contribution in [2.24, 2.45) is 0 Å². The zero-order chi connectivity index (χ0) is 15.6. The number of hydrogen-bond acceptors (Lipinski definition) is 4. The van der Waals surface area contributed by atoms with Crippen LogP contribution in [-0.2, 0) is 16.2 Å². The van der Waals surface area contributed by atoms with Crippen molar-refractivity contribution in [1.82, 2.24) is 0 Å². The predicted octanol–water partition coefficient (Wildman–Crippen LogP) is 2.23. The van der Waals surface area contributed by atoms with Gasteiger partial charge in [-0.3, -0.25) is 4.72 Å². The monoisotopic (exact) mass is 303 g/mol. The van der Waals surface area contributed by atoms with Gasteiger partial charge in [-0.2, -0.15) is 23.7 Å². The fraction of sp³-hybridized carbons (Fsp3) is 0.273. The first-order valence-electron chi connectivity index (χ1n) is 5.14. The van der Waals surface area contributed by atoms with Crippen LogP contribution in [0.15, 0.2) is 18.2 Å². The van der Waals surface area contributed by atoms with Crippen LogP contribution in [0.1, 0.15) is 18.1 Å². The molecule has 0 amide bonds. The normalized spacial score (nSPS) is 13.1. The van der Waals surface area contributed by atoms with E-state index in [4.69, 9.17) is 10.5 Å². The van der Waals surface area contributed by atoms with Crippen molar-refractivity contribution in [3.63, 3.8) is 0 Å². The third-order valence-electron chi connectivity index (χ3n) is 2.35. The van der Waals surface area contributed by atoms with E-state index in [1.54, 1.807) is 0 Å². The molecule has 0 saturated heterocycles. The number of halogens is 3. The first kappa shape index (κ1) is 15.8. The molecule has 1 rings (SSSR count). The molecule has 0 fully saturated rings. The highest BCUT2D eigenvalue weighted by atomic mass is 32.2. The lowest BCUT2D eigenvalue weighted by molar-refractivity contribution is -0.137. The molecule has 1 aromatic carbocycles. The van der Waals surface area contributed by atoms with Crippen molar-refractivity contribution in [3.8, 4) is 12.1 Å². The Morgan fingerprint density at radius 2 is 1.90 bits per heavy atom. The van der Waals surface area contributed by atoms with Gasteiger partial charge in [0, 0.05) is 5.69 Å². The molecule has 106 valence electrons. The minimum absolute atomic E-state index is 0.363. The third-order valence-corrected chi connectivity index (χ3v) is 3.91. The van der Waals surface area contributed by atoms with Crippen LogP contribution in [0.3, 0.4) is 0 Å². The molecule has 9 heteroatoms. The van der Waals surface area contributed by atoms with Crippen LogP contribution in [0, 0.1) is 22.7 Å². The van der Waals surface area contributed by atoms with Gasteiger partial charge < -0.3 is 0 Å². The fourth-order valence-corrected chi connectivity index (χ4v) is 2.03. The van der Waals surface area contributed by atoms with Gasteiger partial charge in [-0.15, -0.1) is 0 Å². The van der Waals surface area contributed by atoms with Gasteiger partial charge in [-0.25, -0.2) is 8.42 Å². The summed E-state index contributed by atoms with van der Waals surface area (Å²) in [4.78, 5) is 0. The van der Waals surface area contributed by atoms with E-state index in [1.165, 1.54) is 12.1 Å². The standard InChI is InChI=1S/C11H8F3N3O2S/c1-7(5-15)20(18,19)17-9-3-2-8(6-16)10(4-9)11(12,13)14/h2-4,7,17H,1H3. The fourth-order valence-electron chi connectivity index (χ4n) is 1.26. The smallest absolute Gasteiger partial charge is 0.282 e. The molecule has 20 heavy (non-hydrogen) atoms. The zero-order valence-corrected chi connectivity index (χ0v) is 10.9. The second-order valence-electron chi connectivity index (χ2n) is 3.79. The summed E-state index contributed by atoms with van der Waals surface area (Å²) in [5.41, 5.74) is -2.22. The number of benzene rings is 1. The molecule has 1 unspecified atom stereocenters. The molecular weight excluding hydrogens is 295 g/mol. The molecule has 0 spiro atoms. The summed E-state index contributed by atoms with van der Waals surface area (Å²) < 4.78 is 63.1. The Morgan fingerprint density at radius 3 is 2.35 bits per heavy atom. The number of anilines is 1. The average Bonchev–Trinajstić information content (AvgIpc) is 2.36. The summed E-state index contributed by atoms with van der Waals surface area (Å²) in [6.07, 6.45) is -4.78. The van der Waals surface area contributed by atoms with Gasteiger partial charge in [-0.1, -0.05) is 0 Å². The van der Waals surface area contributed by atoms with Crippen molar-refractivity contribution < 1.29 is 21.6 Å². The lowest BCUT2D eigenvalue weighted by Gasteiger charge is -2.13. The molecule has 0 aliphatic heterocycles. The largest absolute Gasteiger partial charge is 0.417 e. The van der Waals surface area contributed by atoms with Crippen LogP contribution >= 0.6 is 0 Å². The number of nitrogens with zero attached hydrogens (tertiary/aromatic N) is 2. The highest BCUT2D eigenvalue weighted by molar-refractivity contribution is 7.93. The summed E-state index contributed by atoms with van der Waals surface area (Å²) >= 11 is 0. The molecular formula is C11H8F3N3O2S. The van der Waals surface area contributed by atoms with Crippen LogP contribution in [0.5, 0.6) is 0 Å². The average molecular weight is 303 g/mol. The Morgan fingerprint density at radius 1 is 1.30 bits per heavy atom. The second kappa shape index (κ2) is 5.39. The maximum Gasteiger partial charge on any atom is 0.417 e. The third kappa shape index (κ3) is 3.39. The van der Waals surface area contributed by atoms with Gasteiger partial charge in [0.15, 0.2) is 5.25 Å². The van der Waals surface area contributed by atoms with E-state index in [-0.39, 0.29) is 5.69 Å². The van der Waals surface area contributed by atoms with Gasteiger partial charge in [-0.05, 0) is 25.1 Å². The van der Waals surface area contributed by atoms with Gasteiger partial charge in [0.2, 0.25) is 10.0 Å². The van der Waals surface area contributed by atoms with Crippen molar-refractivity contribution in [2.45, 2.75) is 18.3 Å². The molecule has 1 aromatic rings. The van der Waals surface area contributed by atoms with Crippen LogP contribution in [0.4, 0.5) is 18.9 Å². The highest BCUT2D eigenvalue weighted by Gasteiger charge is 2.34. The Labute approximate surface area is 113 Å². The molecule has 0 saturated carbocycles. The van der Waals surface area contributed by atoms with Gasteiger partial charge >= 0.3 is 6.18 Å². The van der Waals surface area contributed by atoms with E-state index in [9.17, 15) is 21.6 Å². The van der Waals surface area contributed by atoms with Gasteiger partial charge in [0.25, 0.3) is 0 Å². The Kier molecular flexibility index (Phi) is 4.26. The van der Waals surface area contributed by atoms with E-state index in [0.717, 1.165) is 19.1 Å². The molecule has 1 atom stereocenters. The van der Waals surface area contributed by atoms with E-state index >= 15 is 0 Å². The molecule has 0 aliphatic carbocycles. The number of sulfonamides is 1. The second-order valence-corrected chi connectivity index (χ2v) is 5.79. The lowest BCUT2D eigenvalue weighted by Crippen LogP contribution is -2.24. The lowest BCUT2D eigenvalue weighted by atomic mass is 10.1. The Balaban J connectivity index is 3.26. The number of rotatable bonds is 3. The Bertz CT molecular complexity index is 699. The van der Waals surface area contributed by atoms with E-state index in [2.05, 4.69) is 0 Å². The molecule has 0 aliphatic rings. The van der Waals surface area contributed by atoms with Crippen LogP contribution in [0.2, 0.25) is 0 Å². The molecule has 0 bridgehead atoms. The maximum absolute atomic E-state index is 12.7. The summed E-state index contributed by atoms with van der Waals surface area (Å²) in [7, 11) is -4.11. The van der Waals surface area contributed by atoms with Gasteiger partial charge in [0.05, 0.1) is 23.3 Å². The van der Waals surface area contributed by atoms with E-state index in [1.807, 2.05) is 4.72 Å². The van der Waals surface area contributed by atoms with Crippen molar-refractivity contribution in [1.29, 1.82) is 10.5 Å². The number of alkyl halides is 3. The van der Waals surface area contributed by atoms with Crippen LogP contribution in [0.25, 0.3) is 0 Å². The predicted molar refractivity (Wildman–Crippen MR) is 63.8 cm³/mol. The summed E-state index contributed by atoms with van der Waals surface area (Å²) in [5.74, 6) is 0. The first-order valence-corrected chi connectivity index (χ1v) is 6.69. The van der Waals surface area contributed by atoms with E-state index in [0.29, 0.717) is 6.07 Å². The van der Waals surface area contributed by atoms with Crippen LogP contribution < -0.4 is 4.72 Å². The SMILES string of the molecule is CC(C#N)S(=O)(=O)Nc1ccc(C#N)c(C(F)(F)F)c1. The minimum Gasteiger partial charge on any atom is -0.282 e. The molecule has 0 heterocycles. The number of hydrogen-bond donors (Lipinski definition) is 1. The Hall–Kier alpha value is -2.26. The molecule has 1 N–H and O–H groups in total. The van der Waals surface area contributed by atoms with Gasteiger partial charge in [0.1, 0.15) is 0 Å². The minimum atomic E-state index is -4.78. The number of nitriles is 2. The molecule has 0 aromatic heterocycles. The summed E-state index contributed by atoms with van der Waals surface area (Å²) in [6.45, 7) is 1.09. The van der Waals surface area contributed by atoms with Crippen molar-refractivity contribution >= 4 is 15.7 Å². The van der Waals surface area contributed by atoms with Crippen molar-refractivity contribution in [3.05, 3.63) is 29.3 Å². The molecule has 0 radical (unpaired) electrons. The quantitative estimate of drug-likeness (QED) is 0.926. The molecule has 5 nitrogen and oxygen atoms in total. The zero-order valence-electron chi connectivity index (χ0n) is 10.1. The summed E-state index contributed by atoms with van der Waals surface area (Å²) in [5, 5.41) is 15.7. The summed E-state index contributed by atoms with van der Waals surface area (Å²) in [6, 6.07) is 5.24. The maximum atomic E-state index is 12.7. The topological polar surface area (TPSA) is 93.8 Å². The van der Waals surface area contributed by atoms with Crippen molar-refractivity contribution in [2.75, 3.05) is 4.72 Å². The number of nitrogens with one attached hydrogen (secondary N) is 1. The first-order chi connectivity index (χ1) is 9.11. The van der Waals surface area contributed by atoms with E-state index < -0.39 is 32.6 Å².